The van der Waals surface area contributed by atoms with Crippen LogP contribution in [0.25, 0.3) is 0 Å². The van der Waals surface area contributed by atoms with Gasteiger partial charge in [0, 0.05) is 31.9 Å². The van der Waals surface area contributed by atoms with Crippen molar-refractivity contribution in [1.82, 2.24) is 9.88 Å². The van der Waals surface area contributed by atoms with Gasteiger partial charge in [-0.25, -0.2) is 8.78 Å². The van der Waals surface area contributed by atoms with E-state index in [0.29, 0.717) is 12.2 Å². The molecule has 5 nitrogen and oxygen atoms in total. The first-order valence-corrected chi connectivity index (χ1v) is 8.60. The largest absolute Gasteiger partial charge is 0.490 e. The van der Waals surface area contributed by atoms with Gasteiger partial charge >= 0.3 is 0 Å². The zero-order valence-electron chi connectivity index (χ0n) is 14.3. The van der Waals surface area contributed by atoms with Crippen molar-refractivity contribution in [2.45, 2.75) is 25.4 Å². The predicted octanol–water partition coefficient (Wildman–Crippen LogP) is 2.54. The van der Waals surface area contributed by atoms with Crippen LogP contribution in [0.1, 0.15) is 28.9 Å². The number of hydrogen-bond acceptors (Lipinski definition) is 4. The van der Waals surface area contributed by atoms with Gasteiger partial charge in [-0.2, -0.15) is 0 Å². The molecule has 2 N–H and O–H groups in total. The quantitative estimate of drug-likeness (QED) is 0.859. The lowest BCUT2D eigenvalue weighted by Gasteiger charge is -2.32. The van der Waals surface area contributed by atoms with Gasteiger partial charge in [-0.05, 0) is 43.0 Å². The van der Waals surface area contributed by atoms with Crippen molar-refractivity contribution in [3.63, 3.8) is 0 Å². The summed E-state index contributed by atoms with van der Waals surface area (Å²) < 4.78 is 32.1. The minimum Gasteiger partial charge on any atom is -0.490 e. The first-order chi connectivity index (χ1) is 12.5. The second-order valence-corrected chi connectivity index (χ2v) is 6.40. The summed E-state index contributed by atoms with van der Waals surface area (Å²) in [6, 6.07) is 7.30. The molecule has 1 aromatic heterocycles. The van der Waals surface area contributed by atoms with E-state index < -0.39 is 17.5 Å². The van der Waals surface area contributed by atoms with Crippen LogP contribution >= 0.6 is 0 Å². The van der Waals surface area contributed by atoms with Gasteiger partial charge in [0.1, 0.15) is 17.5 Å². The van der Waals surface area contributed by atoms with E-state index in [9.17, 15) is 13.6 Å². The van der Waals surface area contributed by atoms with E-state index in [1.165, 1.54) is 18.3 Å². The number of amides is 1. The smallest absolute Gasteiger partial charge is 0.267 e. The highest BCUT2D eigenvalue weighted by atomic mass is 19.2. The van der Waals surface area contributed by atoms with E-state index in [-0.39, 0.29) is 11.8 Å². The van der Waals surface area contributed by atoms with Gasteiger partial charge in [-0.3, -0.25) is 9.78 Å². The molecule has 0 bridgehead atoms. The Morgan fingerprint density at radius 3 is 2.65 bits per heavy atom. The topological polar surface area (TPSA) is 68.5 Å². The van der Waals surface area contributed by atoms with Gasteiger partial charge in [-0.1, -0.05) is 6.07 Å². The van der Waals surface area contributed by atoms with Crippen molar-refractivity contribution in [2.24, 2.45) is 5.73 Å². The molecule has 0 radical (unpaired) electrons. The van der Waals surface area contributed by atoms with E-state index in [1.807, 2.05) is 0 Å². The molecule has 0 atom stereocenters. The monoisotopic (exact) mass is 361 g/mol. The number of rotatable bonds is 6. The molecule has 1 saturated heterocycles. The lowest BCUT2D eigenvalue weighted by molar-refractivity contribution is 0.0977. The van der Waals surface area contributed by atoms with E-state index in [1.54, 1.807) is 18.2 Å². The van der Waals surface area contributed by atoms with Gasteiger partial charge in [0.05, 0.1) is 0 Å². The molecule has 138 valence electrons. The Hall–Kier alpha value is -2.54. The number of halogens is 2. The van der Waals surface area contributed by atoms with E-state index in [4.69, 9.17) is 10.5 Å². The minimum absolute atomic E-state index is 0.0673. The van der Waals surface area contributed by atoms with Crippen LogP contribution in [-0.4, -0.2) is 41.5 Å². The van der Waals surface area contributed by atoms with Crippen molar-refractivity contribution < 1.29 is 18.3 Å². The number of primary amides is 1. The number of piperidine rings is 1. The number of likely N-dealkylation sites (tertiary alicyclic amines) is 1. The highest BCUT2D eigenvalue weighted by molar-refractivity contribution is 5.91. The van der Waals surface area contributed by atoms with Gasteiger partial charge in [-0.15, -0.1) is 0 Å². The fraction of sp³-hybridized carbons (Fsp3) is 0.368. The molecule has 1 aliphatic heterocycles. The van der Waals surface area contributed by atoms with E-state index >= 15 is 0 Å². The number of carbonyl (C=O) groups is 1. The zero-order valence-corrected chi connectivity index (χ0v) is 14.3. The first kappa shape index (κ1) is 18.3. The molecule has 2 aromatic rings. The van der Waals surface area contributed by atoms with Crippen molar-refractivity contribution in [1.29, 1.82) is 0 Å². The fourth-order valence-corrected chi connectivity index (χ4v) is 3.04. The normalized spacial score (nSPS) is 15.8. The van der Waals surface area contributed by atoms with Crippen molar-refractivity contribution in [3.05, 3.63) is 59.4 Å². The van der Waals surface area contributed by atoms with Crippen LogP contribution in [0, 0.1) is 11.6 Å². The number of hydrogen-bond donors (Lipinski definition) is 1. The molecule has 0 aliphatic carbocycles. The number of nitrogens with zero attached hydrogens (tertiary/aromatic N) is 2. The second-order valence-electron chi connectivity index (χ2n) is 6.40. The molecular formula is C19H21F2N3O2. The summed E-state index contributed by atoms with van der Waals surface area (Å²) in [5.74, 6) is -1.61. The van der Waals surface area contributed by atoms with Gasteiger partial charge < -0.3 is 15.4 Å². The molecule has 1 amide bonds. The van der Waals surface area contributed by atoms with Crippen LogP contribution in [0.2, 0.25) is 0 Å². The number of aromatic nitrogens is 1. The average Bonchev–Trinajstić information content (AvgIpc) is 2.64. The zero-order chi connectivity index (χ0) is 18.5. The maximum absolute atomic E-state index is 13.2. The molecule has 0 unspecified atom stereocenters. The molecule has 3 rings (SSSR count). The Morgan fingerprint density at radius 2 is 1.96 bits per heavy atom. The van der Waals surface area contributed by atoms with Crippen LogP contribution in [0.5, 0.6) is 5.75 Å². The predicted molar refractivity (Wildman–Crippen MR) is 92.9 cm³/mol. The lowest BCUT2D eigenvalue weighted by atomic mass is 10.1. The Morgan fingerprint density at radius 1 is 1.19 bits per heavy atom. The van der Waals surface area contributed by atoms with Gasteiger partial charge in [0.15, 0.2) is 11.6 Å². The van der Waals surface area contributed by atoms with Crippen molar-refractivity contribution in [2.75, 3.05) is 19.6 Å². The molecule has 2 heterocycles. The Bertz CT molecular complexity index is 777. The number of pyridine rings is 1. The Kier molecular flexibility index (Phi) is 5.78. The third-order valence-corrected chi connectivity index (χ3v) is 4.52. The highest BCUT2D eigenvalue weighted by Crippen LogP contribution is 2.20. The van der Waals surface area contributed by atoms with Crippen LogP contribution < -0.4 is 10.5 Å². The number of ether oxygens (including phenoxy) is 1. The number of benzene rings is 1. The summed E-state index contributed by atoms with van der Waals surface area (Å²) in [5.41, 5.74) is 6.20. The van der Waals surface area contributed by atoms with Crippen molar-refractivity contribution >= 4 is 5.91 Å². The van der Waals surface area contributed by atoms with Gasteiger partial charge in [0.2, 0.25) is 0 Å². The third kappa shape index (κ3) is 4.76. The summed E-state index contributed by atoms with van der Waals surface area (Å²) >= 11 is 0. The lowest BCUT2D eigenvalue weighted by Crippen LogP contribution is -2.39. The Balaban J connectivity index is 1.46. The highest BCUT2D eigenvalue weighted by Gasteiger charge is 2.20. The van der Waals surface area contributed by atoms with E-state index in [2.05, 4.69) is 9.88 Å². The van der Waals surface area contributed by atoms with Crippen LogP contribution in [0.4, 0.5) is 8.78 Å². The molecule has 0 spiro atoms. The number of carbonyl (C=O) groups excluding carboxylic acids is 1. The standard InChI is InChI=1S/C19H21F2N3O2/c20-16-2-1-13(11-17(16)21)4-8-24-9-5-14(6-10-24)26-15-3-7-23-18(12-15)19(22)25/h1-3,7,11-12,14H,4-6,8-10H2,(H2,22,25). The number of nitrogens with two attached hydrogens (primary N) is 1. The first-order valence-electron chi connectivity index (χ1n) is 8.60. The third-order valence-electron chi connectivity index (χ3n) is 4.52. The average molecular weight is 361 g/mol. The maximum atomic E-state index is 13.2. The Labute approximate surface area is 150 Å². The van der Waals surface area contributed by atoms with Gasteiger partial charge in [0.25, 0.3) is 5.91 Å². The minimum atomic E-state index is -0.817. The van der Waals surface area contributed by atoms with Crippen molar-refractivity contribution in [3.8, 4) is 5.75 Å². The van der Waals surface area contributed by atoms with Crippen LogP contribution in [0.3, 0.4) is 0 Å². The molecule has 1 aromatic carbocycles. The summed E-state index contributed by atoms with van der Waals surface area (Å²) in [4.78, 5) is 17.3. The summed E-state index contributed by atoms with van der Waals surface area (Å²) in [5, 5.41) is 0. The molecule has 1 fully saturated rings. The molecule has 7 heteroatoms. The summed E-state index contributed by atoms with van der Waals surface area (Å²) in [7, 11) is 0. The summed E-state index contributed by atoms with van der Waals surface area (Å²) in [6.07, 6.45) is 3.96. The SMILES string of the molecule is NC(=O)c1cc(OC2CCN(CCc3ccc(F)c(F)c3)CC2)ccn1. The second kappa shape index (κ2) is 8.23. The summed E-state index contributed by atoms with van der Waals surface area (Å²) in [6.45, 7) is 2.52. The van der Waals surface area contributed by atoms with Crippen LogP contribution in [-0.2, 0) is 6.42 Å². The fourth-order valence-electron chi connectivity index (χ4n) is 3.04. The molecule has 1 aliphatic rings. The molecule has 0 saturated carbocycles. The van der Waals surface area contributed by atoms with E-state index in [0.717, 1.165) is 38.0 Å². The molecule has 26 heavy (non-hydrogen) atoms. The van der Waals surface area contributed by atoms with Crippen LogP contribution in [0.15, 0.2) is 36.5 Å². The maximum Gasteiger partial charge on any atom is 0.267 e. The molecular weight excluding hydrogens is 340 g/mol.